The van der Waals surface area contributed by atoms with Gasteiger partial charge in [-0.25, -0.2) is 6.92 Å². The molecule has 2 aromatic rings. The molecule has 2 nitrogen and oxygen atoms in total. The van der Waals surface area contributed by atoms with Gasteiger partial charge in [-0.2, -0.15) is 0 Å². The second-order valence-electron chi connectivity index (χ2n) is 9.44. The van der Waals surface area contributed by atoms with Gasteiger partial charge in [-0.15, -0.1) is 0 Å². The Hall–Kier alpha value is -1.69. The number of nitrogens with zero attached hydrogens (tertiary/aromatic N) is 2. The van der Waals surface area contributed by atoms with Crippen LogP contribution in [0.15, 0.2) is 46.4 Å². The fourth-order valence-corrected chi connectivity index (χ4v) is 3.73. The zero-order valence-corrected chi connectivity index (χ0v) is 24.2. The van der Waals surface area contributed by atoms with E-state index in [0.29, 0.717) is 23.7 Å². The standard InChI is InChI=1S/C28H39N2.2CH3.Pd/c1-17(2)23-13-11-14-24(18(3)4)27(23)29-21(9)22(10)30-28-25(19(5)6)15-12-16-26(28)20(7)8;;;/h11-20H,9H2,1-8,10H3;2*1H3;/q3*-1;. The van der Waals surface area contributed by atoms with E-state index in [-0.39, 0.29) is 35.3 Å². The first-order chi connectivity index (χ1) is 14.0. The molecule has 3 heteroatoms. The normalized spacial score (nSPS) is 12.0. The Morgan fingerprint density at radius 2 is 0.879 bits per heavy atom. The Balaban J connectivity index is 0. The SMILES string of the molecule is [CH2-]C(=Nc1c(C(C)C)cccc1C(C)C)C(C)=Nc1c(C(C)C)cccc1C(C)C.[CH3-].[CH3-].[Pd]. The van der Waals surface area contributed by atoms with Crippen LogP contribution in [-0.2, 0) is 20.4 Å². The van der Waals surface area contributed by atoms with Crippen LogP contribution in [0.3, 0.4) is 0 Å². The monoisotopic (exact) mass is 539 g/mol. The first-order valence-corrected chi connectivity index (χ1v) is 11.3. The number of aliphatic imine (C=N–C) groups is 2. The predicted octanol–water partition coefficient (Wildman–Crippen LogP) is 9.78. The van der Waals surface area contributed by atoms with E-state index >= 15 is 0 Å². The summed E-state index contributed by atoms with van der Waals surface area (Å²) in [6, 6.07) is 13.0. The van der Waals surface area contributed by atoms with E-state index in [1.807, 2.05) is 6.92 Å². The molecular formula is C30H45N2Pd-3. The molecule has 0 bridgehead atoms. The van der Waals surface area contributed by atoms with Crippen molar-refractivity contribution in [2.24, 2.45) is 9.98 Å². The fraction of sp³-hybridized carbons (Fsp3) is 0.433. The van der Waals surface area contributed by atoms with Crippen LogP contribution in [0.2, 0.25) is 0 Å². The molecule has 0 radical (unpaired) electrons. The minimum absolute atomic E-state index is 0. The molecule has 0 aliphatic heterocycles. The number of hydrogen-bond donors (Lipinski definition) is 0. The summed E-state index contributed by atoms with van der Waals surface area (Å²) in [6.45, 7) is 24.1. The van der Waals surface area contributed by atoms with Crippen molar-refractivity contribution < 1.29 is 20.4 Å². The predicted molar refractivity (Wildman–Crippen MR) is 147 cm³/mol. The zero-order valence-electron chi connectivity index (χ0n) is 22.7. The van der Waals surface area contributed by atoms with Crippen molar-refractivity contribution in [3.05, 3.63) is 80.4 Å². The van der Waals surface area contributed by atoms with Gasteiger partial charge in [-0.05, 0) is 45.9 Å². The van der Waals surface area contributed by atoms with Crippen molar-refractivity contribution in [1.82, 2.24) is 0 Å². The van der Waals surface area contributed by atoms with Crippen LogP contribution in [0.25, 0.3) is 0 Å². The van der Waals surface area contributed by atoms with Crippen molar-refractivity contribution in [1.29, 1.82) is 0 Å². The summed E-state index contributed by atoms with van der Waals surface area (Å²) in [5, 5.41) is 0. The fourth-order valence-electron chi connectivity index (χ4n) is 3.73. The third-order valence-corrected chi connectivity index (χ3v) is 5.63. The molecule has 2 aromatic carbocycles. The van der Waals surface area contributed by atoms with E-state index in [2.05, 4.69) is 98.7 Å². The number of rotatable bonds is 7. The summed E-state index contributed by atoms with van der Waals surface area (Å²) >= 11 is 0. The molecule has 0 fully saturated rings. The molecule has 188 valence electrons. The van der Waals surface area contributed by atoms with Gasteiger partial charge < -0.3 is 19.8 Å². The topological polar surface area (TPSA) is 24.7 Å². The Morgan fingerprint density at radius 3 is 1.15 bits per heavy atom. The number of hydrogen-bond acceptors (Lipinski definition) is 2. The van der Waals surface area contributed by atoms with E-state index in [4.69, 9.17) is 9.98 Å². The van der Waals surface area contributed by atoms with Crippen molar-refractivity contribution in [2.45, 2.75) is 86.0 Å². The largest absolute Gasteiger partial charge is 0.358 e. The second-order valence-corrected chi connectivity index (χ2v) is 9.44. The minimum Gasteiger partial charge on any atom is -0.358 e. The van der Waals surface area contributed by atoms with Crippen LogP contribution in [0.1, 0.15) is 108 Å². The maximum Gasteiger partial charge on any atom is 0.0669 e. The van der Waals surface area contributed by atoms with Crippen LogP contribution in [0, 0.1) is 21.8 Å². The molecule has 0 N–H and O–H groups in total. The summed E-state index contributed by atoms with van der Waals surface area (Å²) in [4.78, 5) is 10.1. The van der Waals surface area contributed by atoms with Crippen LogP contribution in [0.4, 0.5) is 11.4 Å². The van der Waals surface area contributed by atoms with E-state index < -0.39 is 0 Å². The molecule has 0 spiro atoms. The molecule has 0 saturated carbocycles. The van der Waals surface area contributed by atoms with E-state index in [1.165, 1.54) is 22.3 Å². The maximum absolute atomic E-state index is 5.07. The first-order valence-electron chi connectivity index (χ1n) is 11.3. The number of benzene rings is 2. The first kappa shape index (κ1) is 33.5. The molecule has 0 saturated heterocycles. The van der Waals surface area contributed by atoms with Gasteiger partial charge in [0.15, 0.2) is 0 Å². The van der Waals surface area contributed by atoms with Gasteiger partial charge >= 0.3 is 0 Å². The van der Waals surface area contributed by atoms with Gasteiger partial charge in [0.05, 0.1) is 5.69 Å². The van der Waals surface area contributed by atoms with E-state index in [0.717, 1.165) is 22.8 Å². The van der Waals surface area contributed by atoms with Gasteiger partial charge in [0, 0.05) is 26.1 Å². The summed E-state index contributed by atoms with van der Waals surface area (Å²) in [5.41, 5.74) is 8.83. The molecule has 0 unspecified atom stereocenters. The molecule has 0 aliphatic carbocycles. The Bertz CT molecular complexity index is 804. The molecule has 0 aromatic heterocycles. The molecular weight excluding hydrogens is 495 g/mol. The van der Waals surface area contributed by atoms with Gasteiger partial charge in [-0.1, -0.05) is 110 Å². The summed E-state index contributed by atoms with van der Waals surface area (Å²) < 4.78 is 0. The molecule has 2 rings (SSSR count). The van der Waals surface area contributed by atoms with Crippen LogP contribution < -0.4 is 0 Å². The van der Waals surface area contributed by atoms with Crippen molar-refractivity contribution in [3.63, 3.8) is 0 Å². The maximum atomic E-state index is 5.07. The van der Waals surface area contributed by atoms with Gasteiger partial charge in [0.1, 0.15) is 0 Å². The van der Waals surface area contributed by atoms with Crippen molar-refractivity contribution >= 4 is 22.8 Å². The molecule has 0 heterocycles. The van der Waals surface area contributed by atoms with Gasteiger partial charge in [-0.3, -0.25) is 4.99 Å². The molecule has 0 amide bonds. The van der Waals surface area contributed by atoms with E-state index in [9.17, 15) is 0 Å². The van der Waals surface area contributed by atoms with Crippen LogP contribution >= 0.6 is 0 Å². The summed E-state index contributed by atoms with van der Waals surface area (Å²) in [6.07, 6.45) is 0. The van der Waals surface area contributed by atoms with Gasteiger partial charge in [0.25, 0.3) is 0 Å². The Morgan fingerprint density at radius 1 is 0.606 bits per heavy atom. The molecule has 0 aliphatic rings. The quantitative estimate of drug-likeness (QED) is 0.190. The smallest absolute Gasteiger partial charge is 0.0669 e. The molecule has 0 atom stereocenters. The average Bonchev–Trinajstić information content (AvgIpc) is 2.67. The van der Waals surface area contributed by atoms with E-state index in [1.54, 1.807) is 0 Å². The van der Waals surface area contributed by atoms with Crippen LogP contribution in [-0.4, -0.2) is 11.4 Å². The third kappa shape index (κ3) is 8.24. The second kappa shape index (κ2) is 14.5. The minimum atomic E-state index is 0. The molecule has 33 heavy (non-hydrogen) atoms. The Labute approximate surface area is 219 Å². The Kier molecular flexibility index (Phi) is 14.8. The van der Waals surface area contributed by atoms with Crippen LogP contribution in [0.5, 0.6) is 0 Å². The summed E-state index contributed by atoms with van der Waals surface area (Å²) in [7, 11) is 0. The number of para-hydroxylation sites is 2. The average molecular weight is 540 g/mol. The zero-order chi connectivity index (χ0) is 22.6. The van der Waals surface area contributed by atoms with Crippen molar-refractivity contribution in [3.8, 4) is 0 Å². The van der Waals surface area contributed by atoms with Crippen molar-refractivity contribution in [2.75, 3.05) is 0 Å². The summed E-state index contributed by atoms with van der Waals surface area (Å²) in [5.74, 6) is 1.63. The van der Waals surface area contributed by atoms with Gasteiger partial charge in [0.2, 0.25) is 0 Å². The third-order valence-electron chi connectivity index (χ3n) is 5.63.